The second-order valence-electron chi connectivity index (χ2n) is 7.63. The Morgan fingerprint density at radius 1 is 1.03 bits per heavy atom. The summed E-state index contributed by atoms with van der Waals surface area (Å²) in [4.78, 5) is 17.9. The first-order valence-electron chi connectivity index (χ1n) is 10.2. The van der Waals surface area contributed by atoms with E-state index in [1.165, 1.54) is 28.0 Å². The Labute approximate surface area is 186 Å². The van der Waals surface area contributed by atoms with E-state index >= 15 is 0 Å². The topological polar surface area (TPSA) is 72.7 Å². The molecule has 0 aliphatic carbocycles. The van der Waals surface area contributed by atoms with E-state index in [1.54, 1.807) is 0 Å². The number of aryl methyl sites for hydroxylation is 3. The number of thiazole rings is 1. The number of rotatable bonds is 6. The molecule has 0 radical (unpaired) electrons. The van der Waals surface area contributed by atoms with Crippen LogP contribution >= 0.6 is 11.3 Å². The molecule has 4 aromatic rings. The van der Waals surface area contributed by atoms with Crippen LogP contribution in [0.25, 0.3) is 16.4 Å². The average Bonchev–Trinajstić information content (AvgIpc) is 3.33. The van der Waals surface area contributed by atoms with Crippen LogP contribution in [-0.2, 0) is 6.42 Å². The van der Waals surface area contributed by atoms with Crippen molar-refractivity contribution in [1.82, 2.24) is 25.3 Å². The highest BCUT2D eigenvalue weighted by Gasteiger charge is 2.20. The third kappa shape index (κ3) is 4.41. The Kier molecular flexibility index (Phi) is 5.95. The molecular weight excluding hydrogens is 406 g/mol. The van der Waals surface area contributed by atoms with Gasteiger partial charge in [-0.15, -0.1) is 16.4 Å². The first-order chi connectivity index (χ1) is 14.9. The lowest BCUT2D eigenvalue weighted by Crippen LogP contribution is -2.25. The molecule has 0 unspecified atom stereocenters. The van der Waals surface area contributed by atoms with Crippen LogP contribution in [0.1, 0.15) is 37.7 Å². The fraction of sp³-hybridized carbons (Fsp3) is 0.250. The van der Waals surface area contributed by atoms with Gasteiger partial charge in [0.25, 0.3) is 5.91 Å². The number of carbonyl (C=O) groups is 1. The van der Waals surface area contributed by atoms with Crippen molar-refractivity contribution < 1.29 is 4.79 Å². The molecule has 1 amide bonds. The van der Waals surface area contributed by atoms with Crippen molar-refractivity contribution in [3.63, 3.8) is 0 Å². The second kappa shape index (κ2) is 8.81. The molecule has 6 nitrogen and oxygen atoms in total. The second-order valence-corrected chi connectivity index (χ2v) is 8.63. The summed E-state index contributed by atoms with van der Waals surface area (Å²) in [5.41, 5.74) is 6.91. The molecule has 0 fully saturated rings. The Hall–Kier alpha value is -3.32. The average molecular weight is 432 g/mol. The Bertz CT molecular complexity index is 1230. The van der Waals surface area contributed by atoms with E-state index in [4.69, 9.17) is 0 Å². The molecule has 4 rings (SSSR count). The van der Waals surface area contributed by atoms with Crippen molar-refractivity contribution in [3.05, 3.63) is 81.5 Å². The minimum absolute atomic E-state index is 0.101. The van der Waals surface area contributed by atoms with Gasteiger partial charge in [-0.25, -0.2) is 9.67 Å². The first-order valence-corrected chi connectivity index (χ1v) is 11.1. The van der Waals surface area contributed by atoms with Crippen LogP contribution in [-0.4, -0.2) is 32.4 Å². The van der Waals surface area contributed by atoms with E-state index in [9.17, 15) is 4.79 Å². The van der Waals surface area contributed by atoms with Crippen molar-refractivity contribution in [2.45, 2.75) is 34.1 Å². The van der Waals surface area contributed by atoms with E-state index in [-0.39, 0.29) is 5.91 Å². The maximum atomic E-state index is 12.7. The Balaban J connectivity index is 1.51. The van der Waals surface area contributed by atoms with Crippen LogP contribution in [0.4, 0.5) is 0 Å². The lowest BCUT2D eigenvalue weighted by atomic mass is 10.1. The van der Waals surface area contributed by atoms with Gasteiger partial charge in [-0.2, -0.15) is 0 Å². The largest absolute Gasteiger partial charge is 0.351 e. The number of carbonyl (C=O) groups excluding carboxylic acids is 1. The van der Waals surface area contributed by atoms with Gasteiger partial charge in [-0.05, 0) is 62.9 Å². The van der Waals surface area contributed by atoms with Gasteiger partial charge in [-0.1, -0.05) is 41.6 Å². The zero-order valence-electron chi connectivity index (χ0n) is 18.1. The van der Waals surface area contributed by atoms with Crippen LogP contribution < -0.4 is 5.32 Å². The number of benzene rings is 2. The van der Waals surface area contributed by atoms with Gasteiger partial charge >= 0.3 is 0 Å². The van der Waals surface area contributed by atoms with Crippen LogP contribution in [0.3, 0.4) is 0 Å². The minimum Gasteiger partial charge on any atom is -0.351 e. The Morgan fingerprint density at radius 3 is 2.55 bits per heavy atom. The molecule has 0 bridgehead atoms. The highest BCUT2D eigenvalue weighted by molar-refractivity contribution is 7.17. The summed E-state index contributed by atoms with van der Waals surface area (Å²) in [5.74, 6) is -0.101. The number of hydrogen-bond acceptors (Lipinski definition) is 5. The number of aromatic nitrogens is 4. The third-order valence-electron chi connectivity index (χ3n) is 5.38. The van der Waals surface area contributed by atoms with Crippen molar-refractivity contribution in [2.75, 3.05) is 6.54 Å². The smallest absolute Gasteiger partial charge is 0.263 e. The maximum absolute atomic E-state index is 12.7. The molecule has 0 aliphatic heterocycles. The number of amides is 1. The third-order valence-corrected chi connectivity index (χ3v) is 6.54. The quantitative estimate of drug-likeness (QED) is 0.484. The van der Waals surface area contributed by atoms with E-state index in [1.807, 2.05) is 42.8 Å². The van der Waals surface area contributed by atoms with Gasteiger partial charge in [0.1, 0.15) is 15.6 Å². The molecule has 2 aromatic heterocycles. The van der Waals surface area contributed by atoms with Crippen LogP contribution in [0.2, 0.25) is 0 Å². The molecule has 158 valence electrons. The van der Waals surface area contributed by atoms with Crippen molar-refractivity contribution >= 4 is 17.2 Å². The maximum Gasteiger partial charge on any atom is 0.263 e. The normalized spacial score (nSPS) is 11.0. The summed E-state index contributed by atoms with van der Waals surface area (Å²) in [6.45, 7) is 8.58. The highest BCUT2D eigenvalue weighted by atomic mass is 32.1. The van der Waals surface area contributed by atoms with Crippen LogP contribution in [0.15, 0.2) is 48.5 Å². The SMILES string of the molecule is Cc1ccc(-n2nnc(-c3nc(C)c(C(=O)NCCc4ccccc4)s3)c2C)cc1C. The van der Waals surface area contributed by atoms with Crippen molar-refractivity contribution in [1.29, 1.82) is 0 Å². The summed E-state index contributed by atoms with van der Waals surface area (Å²) in [6.07, 6.45) is 0.792. The van der Waals surface area contributed by atoms with Crippen LogP contribution in [0.5, 0.6) is 0 Å². The lowest BCUT2D eigenvalue weighted by Gasteiger charge is -2.06. The number of nitrogens with zero attached hydrogens (tertiary/aromatic N) is 4. The molecule has 1 N–H and O–H groups in total. The summed E-state index contributed by atoms with van der Waals surface area (Å²) in [7, 11) is 0. The van der Waals surface area contributed by atoms with Crippen LogP contribution in [0, 0.1) is 27.7 Å². The molecule has 0 spiro atoms. The van der Waals surface area contributed by atoms with Crippen molar-refractivity contribution in [3.8, 4) is 16.4 Å². The van der Waals surface area contributed by atoms with Gasteiger partial charge in [0, 0.05) is 6.54 Å². The molecule has 0 atom stereocenters. The highest BCUT2D eigenvalue weighted by Crippen LogP contribution is 2.29. The van der Waals surface area contributed by atoms with Crippen molar-refractivity contribution in [2.24, 2.45) is 0 Å². The Morgan fingerprint density at radius 2 is 1.81 bits per heavy atom. The first kappa shape index (κ1) is 20.9. The summed E-state index contributed by atoms with van der Waals surface area (Å²) in [5, 5.41) is 12.4. The summed E-state index contributed by atoms with van der Waals surface area (Å²) < 4.78 is 1.82. The van der Waals surface area contributed by atoms with E-state index in [0.29, 0.717) is 27.8 Å². The summed E-state index contributed by atoms with van der Waals surface area (Å²) >= 11 is 1.36. The molecule has 7 heteroatoms. The molecule has 2 heterocycles. The fourth-order valence-corrected chi connectivity index (χ4v) is 4.40. The zero-order valence-corrected chi connectivity index (χ0v) is 19.0. The fourth-order valence-electron chi connectivity index (χ4n) is 3.38. The minimum atomic E-state index is -0.101. The van der Waals surface area contributed by atoms with E-state index in [2.05, 4.69) is 58.7 Å². The monoisotopic (exact) mass is 431 g/mol. The van der Waals surface area contributed by atoms with Gasteiger partial charge in [0.2, 0.25) is 0 Å². The summed E-state index contributed by atoms with van der Waals surface area (Å²) in [6, 6.07) is 16.3. The molecule has 0 aliphatic rings. The molecule has 0 saturated heterocycles. The van der Waals surface area contributed by atoms with Gasteiger partial charge in [0.15, 0.2) is 0 Å². The zero-order chi connectivity index (χ0) is 22.0. The van der Waals surface area contributed by atoms with Gasteiger partial charge < -0.3 is 5.32 Å². The van der Waals surface area contributed by atoms with Gasteiger partial charge in [-0.3, -0.25) is 4.79 Å². The number of nitrogens with one attached hydrogen (secondary N) is 1. The molecule has 31 heavy (non-hydrogen) atoms. The molecule has 2 aromatic carbocycles. The van der Waals surface area contributed by atoms with Gasteiger partial charge in [0.05, 0.1) is 17.1 Å². The molecular formula is C24H25N5OS. The lowest BCUT2D eigenvalue weighted by molar-refractivity contribution is 0.0957. The van der Waals surface area contributed by atoms with E-state index in [0.717, 1.165) is 17.8 Å². The predicted octanol–water partition coefficient (Wildman–Crippen LogP) is 4.60. The standard InChI is InChI=1S/C24H25N5OS/c1-15-10-11-20(14-16(15)2)29-18(4)21(27-28-29)24-26-17(3)22(31-24)23(30)25-13-12-19-8-6-5-7-9-19/h5-11,14H,12-13H2,1-4H3,(H,25,30). The predicted molar refractivity (Wildman–Crippen MR) is 124 cm³/mol. The van der Waals surface area contributed by atoms with E-state index < -0.39 is 0 Å². The molecule has 0 saturated carbocycles. The number of hydrogen-bond donors (Lipinski definition) is 1.